The van der Waals surface area contributed by atoms with Gasteiger partial charge in [-0.3, -0.25) is 9.69 Å². The van der Waals surface area contributed by atoms with Gasteiger partial charge in [-0.25, -0.2) is 0 Å². The van der Waals surface area contributed by atoms with Crippen molar-refractivity contribution in [1.29, 1.82) is 0 Å². The summed E-state index contributed by atoms with van der Waals surface area (Å²) >= 11 is 0. The lowest BCUT2D eigenvalue weighted by molar-refractivity contribution is -0.127. The zero-order valence-electron chi connectivity index (χ0n) is 11.1. The van der Waals surface area contributed by atoms with Crippen molar-refractivity contribution >= 4 is 5.91 Å². The van der Waals surface area contributed by atoms with Gasteiger partial charge < -0.3 is 5.32 Å². The molecule has 16 heavy (non-hydrogen) atoms. The fraction of sp³-hybridized carbons (Fsp3) is 0.923. The predicted molar refractivity (Wildman–Crippen MR) is 67.3 cm³/mol. The smallest absolute Gasteiger partial charge is 0.223 e. The van der Waals surface area contributed by atoms with Gasteiger partial charge in [0.1, 0.15) is 0 Å². The number of nitrogens with one attached hydrogen (secondary N) is 1. The van der Waals surface area contributed by atoms with E-state index in [1.807, 2.05) is 0 Å². The summed E-state index contributed by atoms with van der Waals surface area (Å²) in [5, 5.41) is 3.04. The molecule has 0 heterocycles. The number of hydrogen-bond donors (Lipinski definition) is 1. The fourth-order valence-electron chi connectivity index (χ4n) is 2.24. The summed E-state index contributed by atoms with van der Waals surface area (Å²) in [4.78, 5) is 14.0. The van der Waals surface area contributed by atoms with E-state index in [1.165, 1.54) is 6.42 Å². The van der Waals surface area contributed by atoms with Crippen LogP contribution in [0.3, 0.4) is 0 Å². The summed E-state index contributed by atoms with van der Waals surface area (Å²) in [6.45, 7) is 10.5. The normalized spacial score (nSPS) is 16.9. The summed E-state index contributed by atoms with van der Waals surface area (Å²) < 4.78 is 0. The van der Waals surface area contributed by atoms with Crippen LogP contribution in [0.2, 0.25) is 0 Å². The highest BCUT2D eigenvalue weighted by Crippen LogP contribution is 2.25. The van der Waals surface area contributed by atoms with Crippen LogP contribution in [0.15, 0.2) is 0 Å². The lowest BCUT2D eigenvalue weighted by Crippen LogP contribution is -2.44. The molecule has 1 aliphatic carbocycles. The van der Waals surface area contributed by atoms with Crippen LogP contribution in [-0.4, -0.2) is 36.0 Å². The van der Waals surface area contributed by atoms with Gasteiger partial charge in [0, 0.05) is 31.1 Å². The maximum Gasteiger partial charge on any atom is 0.223 e. The first-order valence-electron chi connectivity index (χ1n) is 6.55. The van der Waals surface area contributed by atoms with Crippen LogP contribution in [0, 0.1) is 5.92 Å². The Hall–Kier alpha value is -0.570. The lowest BCUT2D eigenvalue weighted by atomic mass is 9.85. The molecule has 1 aliphatic rings. The molecule has 3 heteroatoms. The van der Waals surface area contributed by atoms with Gasteiger partial charge in [-0.05, 0) is 40.5 Å². The molecule has 0 aromatic rings. The monoisotopic (exact) mass is 226 g/mol. The molecule has 1 saturated carbocycles. The zero-order valence-corrected chi connectivity index (χ0v) is 11.1. The summed E-state index contributed by atoms with van der Waals surface area (Å²) in [6, 6.07) is 1.08. The third-order valence-corrected chi connectivity index (χ3v) is 3.47. The maximum absolute atomic E-state index is 11.6. The quantitative estimate of drug-likeness (QED) is 0.751. The number of amides is 1. The Morgan fingerprint density at radius 2 is 1.81 bits per heavy atom. The maximum atomic E-state index is 11.6. The second-order valence-corrected chi connectivity index (χ2v) is 5.34. The molecule has 0 aliphatic heterocycles. The van der Waals surface area contributed by atoms with Crippen molar-refractivity contribution in [2.45, 2.75) is 59.0 Å². The molecule has 1 rings (SSSR count). The van der Waals surface area contributed by atoms with Gasteiger partial charge in [0.05, 0.1) is 0 Å². The minimum atomic E-state index is 0.263. The van der Waals surface area contributed by atoms with E-state index in [0.29, 0.717) is 18.0 Å². The van der Waals surface area contributed by atoms with Gasteiger partial charge in [-0.1, -0.05) is 6.42 Å². The molecule has 0 saturated heterocycles. The Morgan fingerprint density at radius 1 is 1.25 bits per heavy atom. The van der Waals surface area contributed by atoms with E-state index in [4.69, 9.17) is 0 Å². The van der Waals surface area contributed by atoms with Gasteiger partial charge in [0.25, 0.3) is 0 Å². The Kier molecular flexibility index (Phi) is 5.26. The third-order valence-electron chi connectivity index (χ3n) is 3.47. The van der Waals surface area contributed by atoms with Gasteiger partial charge in [-0.2, -0.15) is 0 Å². The molecule has 0 aromatic heterocycles. The summed E-state index contributed by atoms with van der Waals surface area (Å²) in [7, 11) is 0. The number of carbonyl (C=O) groups excluding carboxylic acids is 1. The van der Waals surface area contributed by atoms with Crippen LogP contribution in [0.25, 0.3) is 0 Å². The molecule has 94 valence electrons. The first-order chi connectivity index (χ1) is 7.52. The Morgan fingerprint density at radius 3 is 2.19 bits per heavy atom. The topological polar surface area (TPSA) is 32.3 Å². The van der Waals surface area contributed by atoms with E-state index >= 15 is 0 Å². The second kappa shape index (κ2) is 6.24. The number of nitrogens with zero attached hydrogens (tertiary/aromatic N) is 1. The molecule has 0 bridgehead atoms. The van der Waals surface area contributed by atoms with Crippen LogP contribution in [-0.2, 0) is 4.79 Å². The van der Waals surface area contributed by atoms with E-state index in [1.54, 1.807) is 0 Å². The molecule has 1 fully saturated rings. The summed E-state index contributed by atoms with van der Waals surface area (Å²) in [5.41, 5.74) is 0. The van der Waals surface area contributed by atoms with Crippen molar-refractivity contribution in [3.8, 4) is 0 Å². The standard InChI is InChI=1S/C13H26N2O/c1-10(2)15(11(3)4)9-8-14-13(16)12-6-5-7-12/h10-12H,5-9H2,1-4H3,(H,14,16). The van der Waals surface area contributed by atoms with Crippen molar-refractivity contribution < 1.29 is 4.79 Å². The Balaban J connectivity index is 2.19. The molecule has 0 unspecified atom stereocenters. The van der Waals surface area contributed by atoms with Crippen LogP contribution >= 0.6 is 0 Å². The third kappa shape index (κ3) is 3.78. The van der Waals surface area contributed by atoms with E-state index in [0.717, 1.165) is 25.9 Å². The minimum Gasteiger partial charge on any atom is -0.355 e. The summed E-state index contributed by atoms with van der Waals surface area (Å²) in [5.74, 6) is 0.574. The highest BCUT2D eigenvalue weighted by Gasteiger charge is 2.24. The zero-order chi connectivity index (χ0) is 12.1. The number of hydrogen-bond acceptors (Lipinski definition) is 2. The molecule has 0 spiro atoms. The SMILES string of the molecule is CC(C)N(CCNC(=O)C1CCC1)C(C)C. The van der Waals surface area contributed by atoms with Crippen molar-refractivity contribution in [2.75, 3.05) is 13.1 Å². The van der Waals surface area contributed by atoms with E-state index in [2.05, 4.69) is 37.9 Å². The minimum absolute atomic E-state index is 0.263. The van der Waals surface area contributed by atoms with E-state index in [-0.39, 0.29) is 5.91 Å². The molecular formula is C13H26N2O. The molecule has 1 amide bonds. The first-order valence-corrected chi connectivity index (χ1v) is 6.55. The first kappa shape index (κ1) is 13.5. The average Bonchev–Trinajstić information content (AvgIpc) is 2.07. The van der Waals surface area contributed by atoms with Crippen LogP contribution in [0.1, 0.15) is 47.0 Å². The molecule has 0 radical (unpaired) electrons. The van der Waals surface area contributed by atoms with E-state index in [9.17, 15) is 4.79 Å². The molecular weight excluding hydrogens is 200 g/mol. The molecule has 3 nitrogen and oxygen atoms in total. The fourth-order valence-corrected chi connectivity index (χ4v) is 2.24. The second-order valence-electron chi connectivity index (χ2n) is 5.34. The molecule has 1 N–H and O–H groups in total. The Bertz CT molecular complexity index is 214. The predicted octanol–water partition coefficient (Wildman–Crippen LogP) is 2.02. The van der Waals surface area contributed by atoms with Gasteiger partial charge >= 0.3 is 0 Å². The number of carbonyl (C=O) groups is 1. The molecule has 0 aromatic carbocycles. The highest BCUT2D eigenvalue weighted by molar-refractivity contribution is 5.79. The highest BCUT2D eigenvalue weighted by atomic mass is 16.1. The van der Waals surface area contributed by atoms with Crippen molar-refractivity contribution in [3.63, 3.8) is 0 Å². The van der Waals surface area contributed by atoms with Gasteiger partial charge in [0.15, 0.2) is 0 Å². The number of rotatable bonds is 6. The van der Waals surface area contributed by atoms with Crippen molar-refractivity contribution in [1.82, 2.24) is 10.2 Å². The van der Waals surface area contributed by atoms with E-state index < -0.39 is 0 Å². The molecule has 0 atom stereocenters. The van der Waals surface area contributed by atoms with Crippen molar-refractivity contribution in [2.24, 2.45) is 5.92 Å². The van der Waals surface area contributed by atoms with Gasteiger partial charge in [0.2, 0.25) is 5.91 Å². The Labute approximate surface area is 99.6 Å². The lowest BCUT2D eigenvalue weighted by Gasteiger charge is -2.31. The van der Waals surface area contributed by atoms with Crippen LogP contribution < -0.4 is 5.32 Å². The van der Waals surface area contributed by atoms with Crippen LogP contribution in [0.4, 0.5) is 0 Å². The van der Waals surface area contributed by atoms with Gasteiger partial charge in [-0.15, -0.1) is 0 Å². The largest absolute Gasteiger partial charge is 0.355 e. The van der Waals surface area contributed by atoms with Crippen LogP contribution in [0.5, 0.6) is 0 Å². The summed E-state index contributed by atoms with van der Waals surface area (Å²) in [6.07, 6.45) is 3.40. The van der Waals surface area contributed by atoms with Crippen molar-refractivity contribution in [3.05, 3.63) is 0 Å². The average molecular weight is 226 g/mol.